The Labute approximate surface area is 186 Å². The molecule has 0 aliphatic heterocycles. The van der Waals surface area contributed by atoms with Gasteiger partial charge in [-0.3, -0.25) is 0 Å². The SMILES string of the molecule is CCOC(=O)c1csc(-c2csc(-c3csc([C@@H](C)NC(=O)OC(C)(C)C)n3)n2)n1. The number of hydrogen-bond donors (Lipinski definition) is 1. The molecule has 3 aromatic rings. The molecule has 0 spiro atoms. The Morgan fingerprint density at radius 2 is 1.67 bits per heavy atom. The number of esters is 1. The molecule has 0 fully saturated rings. The molecule has 0 saturated carbocycles. The lowest BCUT2D eigenvalue weighted by molar-refractivity contribution is 0.0502. The lowest BCUT2D eigenvalue weighted by atomic mass is 10.2. The fourth-order valence-electron chi connectivity index (χ4n) is 2.31. The number of amides is 1. The van der Waals surface area contributed by atoms with E-state index in [0.29, 0.717) is 17.3 Å². The van der Waals surface area contributed by atoms with Crippen molar-refractivity contribution in [3.8, 4) is 21.4 Å². The Hall–Kier alpha value is -2.37. The first-order valence-corrected chi connectivity index (χ1v) is 11.8. The number of ether oxygens (including phenoxy) is 2. The lowest BCUT2D eigenvalue weighted by Crippen LogP contribution is -2.34. The number of carbonyl (C=O) groups is 2. The second kappa shape index (κ2) is 9.19. The number of aromatic nitrogens is 3. The predicted molar refractivity (Wildman–Crippen MR) is 118 cm³/mol. The largest absolute Gasteiger partial charge is 0.461 e. The van der Waals surface area contributed by atoms with Crippen LogP contribution in [-0.4, -0.2) is 39.2 Å². The van der Waals surface area contributed by atoms with Gasteiger partial charge in [0.1, 0.15) is 32.0 Å². The van der Waals surface area contributed by atoms with Crippen molar-refractivity contribution >= 4 is 46.1 Å². The zero-order valence-electron chi connectivity index (χ0n) is 17.2. The summed E-state index contributed by atoms with van der Waals surface area (Å²) >= 11 is 4.23. The zero-order valence-corrected chi connectivity index (χ0v) is 19.7. The Morgan fingerprint density at radius 1 is 1.03 bits per heavy atom. The fourth-order valence-corrected chi connectivity index (χ4v) is 4.78. The van der Waals surface area contributed by atoms with Crippen molar-refractivity contribution in [1.29, 1.82) is 0 Å². The van der Waals surface area contributed by atoms with Crippen LogP contribution in [0.2, 0.25) is 0 Å². The molecule has 0 aliphatic rings. The van der Waals surface area contributed by atoms with Crippen molar-refractivity contribution in [2.24, 2.45) is 0 Å². The van der Waals surface area contributed by atoms with Gasteiger partial charge in [-0.25, -0.2) is 24.5 Å². The lowest BCUT2D eigenvalue weighted by Gasteiger charge is -2.21. The third kappa shape index (κ3) is 5.61. The Bertz CT molecular complexity index is 1030. The number of nitrogens with one attached hydrogen (secondary N) is 1. The van der Waals surface area contributed by atoms with Crippen LogP contribution in [0, 0.1) is 0 Å². The molecule has 11 heteroatoms. The molecule has 1 amide bonds. The quantitative estimate of drug-likeness (QED) is 0.501. The first-order chi connectivity index (χ1) is 14.2. The molecule has 8 nitrogen and oxygen atoms in total. The van der Waals surface area contributed by atoms with E-state index in [9.17, 15) is 9.59 Å². The summed E-state index contributed by atoms with van der Waals surface area (Å²) < 4.78 is 10.3. The molecule has 1 atom stereocenters. The molecule has 0 unspecified atom stereocenters. The highest BCUT2D eigenvalue weighted by Gasteiger charge is 2.21. The van der Waals surface area contributed by atoms with Gasteiger partial charge in [0, 0.05) is 16.1 Å². The van der Waals surface area contributed by atoms with Crippen LogP contribution in [0.25, 0.3) is 21.4 Å². The zero-order chi connectivity index (χ0) is 21.9. The summed E-state index contributed by atoms with van der Waals surface area (Å²) in [6.45, 7) is 9.36. The minimum absolute atomic E-state index is 0.282. The predicted octanol–water partition coefficient (Wildman–Crippen LogP) is 5.15. The van der Waals surface area contributed by atoms with Crippen molar-refractivity contribution in [2.45, 2.75) is 46.3 Å². The molecule has 3 rings (SSSR count). The molecule has 3 aromatic heterocycles. The Balaban J connectivity index is 1.69. The fraction of sp³-hybridized carbons (Fsp3) is 0.421. The van der Waals surface area contributed by atoms with Crippen LogP contribution in [0.4, 0.5) is 4.79 Å². The van der Waals surface area contributed by atoms with Crippen LogP contribution in [0.1, 0.15) is 56.2 Å². The van der Waals surface area contributed by atoms with Crippen LogP contribution in [0.15, 0.2) is 16.1 Å². The van der Waals surface area contributed by atoms with Crippen molar-refractivity contribution in [2.75, 3.05) is 6.61 Å². The summed E-state index contributed by atoms with van der Waals surface area (Å²) in [6.07, 6.45) is -0.482. The van der Waals surface area contributed by atoms with Gasteiger partial charge in [0.2, 0.25) is 0 Å². The van der Waals surface area contributed by atoms with Gasteiger partial charge in [0.15, 0.2) is 5.69 Å². The van der Waals surface area contributed by atoms with E-state index in [1.807, 2.05) is 38.5 Å². The average Bonchev–Trinajstić information content (AvgIpc) is 3.38. The van der Waals surface area contributed by atoms with E-state index in [2.05, 4.69) is 20.3 Å². The number of rotatable bonds is 6. The molecule has 30 heavy (non-hydrogen) atoms. The summed E-state index contributed by atoms with van der Waals surface area (Å²) in [4.78, 5) is 37.3. The van der Waals surface area contributed by atoms with E-state index in [1.54, 1.807) is 12.3 Å². The van der Waals surface area contributed by atoms with Gasteiger partial charge in [-0.05, 0) is 34.6 Å². The number of alkyl carbamates (subject to hydrolysis) is 1. The van der Waals surface area contributed by atoms with Gasteiger partial charge < -0.3 is 14.8 Å². The summed E-state index contributed by atoms with van der Waals surface area (Å²) in [5.74, 6) is -0.439. The van der Waals surface area contributed by atoms with Crippen LogP contribution >= 0.6 is 34.0 Å². The minimum Gasteiger partial charge on any atom is -0.461 e. The number of thiazole rings is 3. The van der Waals surface area contributed by atoms with Crippen molar-refractivity contribution < 1.29 is 19.1 Å². The molecule has 1 N–H and O–H groups in total. The third-order valence-electron chi connectivity index (χ3n) is 3.56. The molecular weight excluding hydrogens is 444 g/mol. The minimum atomic E-state index is -0.557. The molecule has 0 saturated heterocycles. The number of nitrogens with zero attached hydrogens (tertiary/aromatic N) is 3. The van der Waals surface area contributed by atoms with Crippen molar-refractivity contribution in [1.82, 2.24) is 20.3 Å². The normalized spacial score (nSPS) is 12.4. The highest BCUT2D eigenvalue weighted by molar-refractivity contribution is 7.16. The molecule has 160 valence electrons. The first kappa shape index (κ1) is 22.3. The summed E-state index contributed by atoms with van der Waals surface area (Å²) in [7, 11) is 0. The van der Waals surface area contributed by atoms with Gasteiger partial charge in [-0.1, -0.05) is 0 Å². The molecule has 0 aromatic carbocycles. The van der Waals surface area contributed by atoms with E-state index in [1.165, 1.54) is 34.0 Å². The maximum absolute atomic E-state index is 12.0. The van der Waals surface area contributed by atoms with Crippen molar-refractivity contribution in [3.63, 3.8) is 0 Å². The number of hydrogen-bond acceptors (Lipinski definition) is 10. The number of carbonyl (C=O) groups excluding carboxylic acids is 2. The molecule has 0 bridgehead atoms. The van der Waals surface area contributed by atoms with E-state index >= 15 is 0 Å². The van der Waals surface area contributed by atoms with Gasteiger partial charge in [0.25, 0.3) is 0 Å². The molecule has 0 aliphatic carbocycles. The highest BCUT2D eigenvalue weighted by atomic mass is 32.1. The Kier molecular flexibility index (Phi) is 6.84. The van der Waals surface area contributed by atoms with Crippen LogP contribution in [-0.2, 0) is 9.47 Å². The topological polar surface area (TPSA) is 103 Å². The van der Waals surface area contributed by atoms with Crippen LogP contribution in [0.3, 0.4) is 0 Å². The van der Waals surface area contributed by atoms with Gasteiger partial charge >= 0.3 is 12.1 Å². The summed E-state index contributed by atoms with van der Waals surface area (Å²) in [5, 5.41) is 10.4. The van der Waals surface area contributed by atoms with E-state index in [-0.39, 0.29) is 11.7 Å². The maximum atomic E-state index is 12.0. The van der Waals surface area contributed by atoms with Crippen molar-refractivity contribution in [3.05, 3.63) is 26.8 Å². The second-order valence-corrected chi connectivity index (χ2v) is 9.84. The second-order valence-electron chi connectivity index (χ2n) is 7.24. The van der Waals surface area contributed by atoms with Gasteiger partial charge in [-0.2, -0.15) is 0 Å². The molecule has 0 radical (unpaired) electrons. The smallest absolute Gasteiger partial charge is 0.408 e. The average molecular weight is 467 g/mol. The summed E-state index contributed by atoms with van der Waals surface area (Å²) in [6, 6.07) is -0.288. The first-order valence-electron chi connectivity index (χ1n) is 9.20. The maximum Gasteiger partial charge on any atom is 0.408 e. The standard InChI is InChI=1S/C19H22N4O4S3/c1-6-26-17(24)13-9-30-16(23-13)12-8-29-15(22-12)11-7-28-14(21-11)10(2)20-18(25)27-19(3,4)5/h7-10H,6H2,1-5H3,(H,20,25)/t10-/m1/s1. The molecular formula is C19H22N4O4S3. The van der Waals surface area contributed by atoms with Crippen LogP contribution in [0.5, 0.6) is 0 Å². The van der Waals surface area contributed by atoms with E-state index in [4.69, 9.17) is 9.47 Å². The third-order valence-corrected chi connectivity index (χ3v) is 6.31. The Morgan fingerprint density at radius 3 is 2.37 bits per heavy atom. The summed E-state index contributed by atoms with van der Waals surface area (Å²) in [5.41, 5.74) is 1.14. The van der Waals surface area contributed by atoms with E-state index in [0.717, 1.165) is 15.7 Å². The molecule has 3 heterocycles. The highest BCUT2D eigenvalue weighted by Crippen LogP contribution is 2.32. The van der Waals surface area contributed by atoms with Gasteiger partial charge in [-0.15, -0.1) is 34.0 Å². The van der Waals surface area contributed by atoms with Gasteiger partial charge in [0.05, 0.1) is 12.6 Å². The van der Waals surface area contributed by atoms with Crippen LogP contribution < -0.4 is 5.32 Å². The monoisotopic (exact) mass is 466 g/mol. The van der Waals surface area contributed by atoms with E-state index < -0.39 is 17.7 Å².